The molecule has 1 aromatic carbocycles. The van der Waals surface area contributed by atoms with Gasteiger partial charge in [0.25, 0.3) is 0 Å². The van der Waals surface area contributed by atoms with E-state index in [-0.39, 0.29) is 13.2 Å². The summed E-state index contributed by atoms with van der Waals surface area (Å²) in [6.07, 6.45) is -1.80. The predicted molar refractivity (Wildman–Crippen MR) is 71.2 cm³/mol. The Morgan fingerprint density at radius 3 is 2.67 bits per heavy atom. The first-order valence-corrected chi connectivity index (χ1v) is 7.22. The lowest BCUT2D eigenvalue weighted by Crippen LogP contribution is -2.45. The highest BCUT2D eigenvalue weighted by atomic mass is 19.4. The van der Waals surface area contributed by atoms with E-state index in [2.05, 4.69) is 5.32 Å². The number of halogens is 3. The molecule has 0 spiro atoms. The molecule has 1 saturated carbocycles. The first-order valence-electron chi connectivity index (χ1n) is 7.22. The van der Waals surface area contributed by atoms with Crippen LogP contribution in [-0.4, -0.2) is 19.0 Å². The summed E-state index contributed by atoms with van der Waals surface area (Å²) in [6, 6.07) is 4.97. The molecular weight excluding hydrogens is 283 g/mol. The molecule has 2 atom stereocenters. The van der Waals surface area contributed by atoms with Gasteiger partial charge in [0.05, 0.1) is 5.92 Å². The van der Waals surface area contributed by atoms with Gasteiger partial charge in [-0.2, -0.15) is 13.2 Å². The zero-order valence-electron chi connectivity index (χ0n) is 11.6. The zero-order valence-corrected chi connectivity index (χ0v) is 11.6. The fraction of sp³-hybridized carbons (Fsp3) is 0.600. The molecule has 0 aromatic heterocycles. The lowest BCUT2D eigenvalue weighted by atomic mass is 9.84. The van der Waals surface area contributed by atoms with E-state index >= 15 is 0 Å². The van der Waals surface area contributed by atoms with Crippen LogP contribution in [0.2, 0.25) is 0 Å². The quantitative estimate of drug-likeness (QED) is 0.925. The smallest absolute Gasteiger partial charge is 0.393 e. The van der Waals surface area contributed by atoms with Crippen LogP contribution in [0.4, 0.5) is 13.2 Å². The van der Waals surface area contributed by atoms with Gasteiger partial charge in [-0.1, -0.05) is 18.9 Å². The Morgan fingerprint density at radius 2 is 1.86 bits per heavy atom. The number of nitrogens with one attached hydrogen (secondary N) is 1. The van der Waals surface area contributed by atoms with Gasteiger partial charge in [0.15, 0.2) is 11.5 Å². The maximum Gasteiger partial charge on any atom is 0.393 e. The van der Waals surface area contributed by atoms with E-state index in [1.165, 1.54) is 0 Å². The molecule has 1 aliphatic carbocycles. The van der Waals surface area contributed by atoms with Crippen molar-refractivity contribution in [3.8, 4) is 11.5 Å². The minimum absolute atomic E-state index is 0.199. The summed E-state index contributed by atoms with van der Waals surface area (Å²) in [5, 5.41) is 3.07. The Hall–Kier alpha value is -1.43. The Bertz CT molecular complexity index is 504. The standard InChI is InChI=1S/C15H18F3NO2/c16-15(17,18)11-3-1-2-4-12(11)19-8-10-5-6-13-14(7-10)21-9-20-13/h5-7,11-12,19H,1-4,8-9H2. The van der Waals surface area contributed by atoms with Crippen LogP contribution >= 0.6 is 0 Å². The van der Waals surface area contributed by atoms with Crippen LogP contribution in [0.1, 0.15) is 31.2 Å². The van der Waals surface area contributed by atoms with Crippen molar-refractivity contribution in [2.45, 2.75) is 44.4 Å². The molecule has 1 N–H and O–H groups in total. The van der Waals surface area contributed by atoms with Gasteiger partial charge in [0.1, 0.15) is 0 Å². The second kappa shape index (κ2) is 5.75. The fourth-order valence-electron chi connectivity index (χ4n) is 3.07. The first kappa shape index (κ1) is 14.5. The summed E-state index contributed by atoms with van der Waals surface area (Å²) in [6.45, 7) is 0.610. The molecule has 3 nitrogen and oxygen atoms in total. The van der Waals surface area contributed by atoms with Crippen LogP contribution in [0.25, 0.3) is 0 Å². The molecule has 1 aromatic rings. The lowest BCUT2D eigenvalue weighted by molar-refractivity contribution is -0.189. The maximum atomic E-state index is 13.0. The minimum atomic E-state index is -4.12. The largest absolute Gasteiger partial charge is 0.454 e. The minimum Gasteiger partial charge on any atom is -0.454 e. The topological polar surface area (TPSA) is 30.5 Å². The summed E-state index contributed by atoms with van der Waals surface area (Å²) in [5.41, 5.74) is 0.908. The van der Waals surface area contributed by atoms with Crippen LogP contribution in [0.3, 0.4) is 0 Å². The third kappa shape index (κ3) is 3.26. The molecule has 1 heterocycles. The number of ether oxygens (including phenoxy) is 2. The molecule has 0 saturated heterocycles. The summed E-state index contributed by atoms with van der Waals surface area (Å²) in [7, 11) is 0. The second-order valence-electron chi connectivity index (χ2n) is 5.61. The average molecular weight is 301 g/mol. The number of benzene rings is 1. The lowest BCUT2D eigenvalue weighted by Gasteiger charge is -2.33. The van der Waals surface area contributed by atoms with E-state index in [1.54, 1.807) is 6.07 Å². The molecule has 2 aliphatic rings. The van der Waals surface area contributed by atoms with Gasteiger partial charge in [-0.25, -0.2) is 0 Å². The van der Waals surface area contributed by atoms with Crippen LogP contribution in [-0.2, 0) is 6.54 Å². The van der Waals surface area contributed by atoms with E-state index in [0.717, 1.165) is 12.0 Å². The predicted octanol–water partition coefficient (Wildman–Crippen LogP) is 3.63. The molecule has 1 fully saturated rings. The second-order valence-corrected chi connectivity index (χ2v) is 5.61. The van der Waals surface area contributed by atoms with Gasteiger partial charge < -0.3 is 14.8 Å². The zero-order chi connectivity index (χ0) is 14.9. The number of hydrogen-bond acceptors (Lipinski definition) is 3. The summed E-state index contributed by atoms with van der Waals surface area (Å²) < 4.78 is 49.6. The summed E-state index contributed by atoms with van der Waals surface area (Å²) >= 11 is 0. The number of hydrogen-bond donors (Lipinski definition) is 1. The van der Waals surface area contributed by atoms with Crippen LogP contribution < -0.4 is 14.8 Å². The first-order chi connectivity index (χ1) is 10.0. The molecule has 116 valence electrons. The van der Waals surface area contributed by atoms with Crippen LogP contribution in [0.15, 0.2) is 18.2 Å². The van der Waals surface area contributed by atoms with E-state index in [9.17, 15) is 13.2 Å². The number of alkyl halides is 3. The molecule has 0 amide bonds. The molecule has 2 unspecified atom stereocenters. The Morgan fingerprint density at radius 1 is 1.10 bits per heavy atom. The highest BCUT2D eigenvalue weighted by molar-refractivity contribution is 5.44. The molecule has 1 aliphatic heterocycles. The van der Waals surface area contributed by atoms with Crippen molar-refractivity contribution in [3.05, 3.63) is 23.8 Å². The molecule has 6 heteroatoms. The van der Waals surface area contributed by atoms with Crippen molar-refractivity contribution in [1.82, 2.24) is 5.32 Å². The van der Waals surface area contributed by atoms with Gasteiger partial charge in [-0.15, -0.1) is 0 Å². The van der Waals surface area contributed by atoms with Crippen molar-refractivity contribution >= 4 is 0 Å². The third-order valence-electron chi connectivity index (χ3n) is 4.19. The summed E-state index contributed by atoms with van der Waals surface area (Å²) in [5.74, 6) is 0.107. The molecule has 3 rings (SSSR count). The highest BCUT2D eigenvalue weighted by Crippen LogP contribution is 2.38. The van der Waals surface area contributed by atoms with E-state index in [0.29, 0.717) is 30.9 Å². The van der Waals surface area contributed by atoms with Crippen LogP contribution in [0, 0.1) is 5.92 Å². The Kier molecular flexibility index (Phi) is 3.97. The number of fused-ring (bicyclic) bond motifs is 1. The van der Waals surface area contributed by atoms with Crippen molar-refractivity contribution in [1.29, 1.82) is 0 Å². The number of rotatable bonds is 3. The normalized spacial score (nSPS) is 25.1. The van der Waals surface area contributed by atoms with E-state index in [1.807, 2.05) is 12.1 Å². The van der Waals surface area contributed by atoms with Crippen molar-refractivity contribution < 1.29 is 22.6 Å². The van der Waals surface area contributed by atoms with Crippen molar-refractivity contribution in [2.24, 2.45) is 5.92 Å². The average Bonchev–Trinajstić information content (AvgIpc) is 2.92. The van der Waals surface area contributed by atoms with Gasteiger partial charge in [-0.3, -0.25) is 0 Å². The van der Waals surface area contributed by atoms with Crippen LogP contribution in [0.5, 0.6) is 11.5 Å². The highest BCUT2D eigenvalue weighted by Gasteiger charge is 2.45. The third-order valence-corrected chi connectivity index (χ3v) is 4.19. The molecular formula is C15H18F3NO2. The fourth-order valence-corrected chi connectivity index (χ4v) is 3.07. The Labute approximate surface area is 121 Å². The summed E-state index contributed by atoms with van der Waals surface area (Å²) in [4.78, 5) is 0. The van der Waals surface area contributed by atoms with Crippen molar-refractivity contribution in [3.63, 3.8) is 0 Å². The molecule has 0 bridgehead atoms. The molecule has 0 radical (unpaired) electrons. The monoisotopic (exact) mass is 301 g/mol. The van der Waals surface area contributed by atoms with Gasteiger partial charge in [0.2, 0.25) is 6.79 Å². The SMILES string of the molecule is FC(F)(F)C1CCCCC1NCc1ccc2c(c1)OCO2. The van der Waals surface area contributed by atoms with Crippen molar-refractivity contribution in [2.75, 3.05) is 6.79 Å². The van der Waals surface area contributed by atoms with Gasteiger partial charge >= 0.3 is 6.18 Å². The van der Waals surface area contributed by atoms with E-state index in [4.69, 9.17) is 9.47 Å². The molecule has 21 heavy (non-hydrogen) atoms. The van der Waals surface area contributed by atoms with Gasteiger partial charge in [0, 0.05) is 12.6 Å². The van der Waals surface area contributed by atoms with Gasteiger partial charge in [-0.05, 0) is 30.5 Å². The maximum absolute atomic E-state index is 13.0. The Balaban J connectivity index is 1.63. The van der Waals surface area contributed by atoms with E-state index < -0.39 is 18.1 Å².